The molecular weight excluding hydrogens is 322 g/mol. The van der Waals surface area contributed by atoms with E-state index in [1.165, 1.54) is 70.6 Å². The van der Waals surface area contributed by atoms with Gasteiger partial charge in [0.05, 0.1) is 0 Å². The van der Waals surface area contributed by atoms with Crippen molar-refractivity contribution in [3.05, 3.63) is 12.2 Å². The smallest absolute Gasteiger partial charge is 0.306 e. The number of carbonyl (C=O) groups is 1. The molecule has 3 nitrogen and oxygen atoms in total. The fourth-order valence-electron chi connectivity index (χ4n) is 3.58. The lowest BCUT2D eigenvalue weighted by Gasteiger charge is -2.12. The zero-order valence-electron chi connectivity index (χ0n) is 17.5. The summed E-state index contributed by atoms with van der Waals surface area (Å²) in [4.78, 5) is 14.0. The SMILES string of the molecule is CCCCCCCC/C=C\CCCCCCCC(=O)O[C@H]1CCN(C)C1. The minimum absolute atomic E-state index is 0.00271. The van der Waals surface area contributed by atoms with E-state index in [1.54, 1.807) is 0 Å². The van der Waals surface area contributed by atoms with Crippen molar-refractivity contribution in [3.63, 3.8) is 0 Å². The van der Waals surface area contributed by atoms with Crippen LogP contribution in [0.5, 0.6) is 0 Å². The van der Waals surface area contributed by atoms with Gasteiger partial charge in [0, 0.05) is 19.5 Å². The number of hydrogen-bond acceptors (Lipinski definition) is 3. The third kappa shape index (κ3) is 13.4. The number of rotatable bonds is 16. The van der Waals surface area contributed by atoms with Crippen molar-refractivity contribution in [1.82, 2.24) is 4.90 Å². The van der Waals surface area contributed by atoms with Crippen LogP contribution in [0.25, 0.3) is 0 Å². The summed E-state index contributed by atoms with van der Waals surface area (Å²) in [5, 5.41) is 0. The second-order valence-electron chi connectivity index (χ2n) is 8.00. The normalized spacial score (nSPS) is 18.0. The molecule has 0 amide bonds. The quantitative estimate of drug-likeness (QED) is 0.183. The van der Waals surface area contributed by atoms with E-state index in [2.05, 4.69) is 31.0 Å². The molecule has 0 aromatic carbocycles. The molecule has 1 rings (SSSR count). The van der Waals surface area contributed by atoms with Gasteiger partial charge >= 0.3 is 5.97 Å². The second-order valence-corrected chi connectivity index (χ2v) is 8.00. The van der Waals surface area contributed by atoms with Crippen LogP contribution in [0.15, 0.2) is 12.2 Å². The highest BCUT2D eigenvalue weighted by atomic mass is 16.5. The molecule has 0 bridgehead atoms. The summed E-state index contributed by atoms with van der Waals surface area (Å²) < 4.78 is 5.51. The number of carbonyl (C=O) groups excluding carboxylic acids is 1. The van der Waals surface area contributed by atoms with E-state index in [0.29, 0.717) is 6.42 Å². The molecule has 1 aliphatic heterocycles. The molecule has 1 fully saturated rings. The van der Waals surface area contributed by atoms with Crippen molar-refractivity contribution in [2.45, 2.75) is 109 Å². The number of esters is 1. The maximum absolute atomic E-state index is 11.8. The van der Waals surface area contributed by atoms with Crippen LogP contribution >= 0.6 is 0 Å². The maximum atomic E-state index is 11.8. The van der Waals surface area contributed by atoms with Gasteiger partial charge in [-0.2, -0.15) is 0 Å². The predicted molar refractivity (Wildman–Crippen MR) is 111 cm³/mol. The molecule has 1 atom stereocenters. The molecule has 1 saturated heterocycles. The molecule has 0 N–H and O–H groups in total. The van der Waals surface area contributed by atoms with Crippen LogP contribution in [0.2, 0.25) is 0 Å². The van der Waals surface area contributed by atoms with Gasteiger partial charge in [0.1, 0.15) is 6.10 Å². The Bertz CT molecular complexity index is 367. The summed E-state index contributed by atoms with van der Waals surface area (Å²) in [5.74, 6) is 0.00271. The van der Waals surface area contributed by atoms with E-state index in [9.17, 15) is 4.79 Å². The fraction of sp³-hybridized carbons (Fsp3) is 0.870. The highest BCUT2D eigenvalue weighted by molar-refractivity contribution is 5.69. The van der Waals surface area contributed by atoms with Gasteiger partial charge in [0.25, 0.3) is 0 Å². The molecule has 0 aromatic heterocycles. The molecule has 152 valence electrons. The largest absolute Gasteiger partial charge is 0.461 e. The summed E-state index contributed by atoms with van der Waals surface area (Å²) in [6.45, 7) is 4.22. The summed E-state index contributed by atoms with van der Waals surface area (Å²) >= 11 is 0. The number of allylic oxidation sites excluding steroid dienone is 2. The number of unbranched alkanes of at least 4 members (excludes halogenated alkanes) is 11. The van der Waals surface area contributed by atoms with Gasteiger partial charge < -0.3 is 9.64 Å². The Hall–Kier alpha value is -0.830. The molecule has 3 heteroatoms. The highest BCUT2D eigenvalue weighted by Crippen LogP contribution is 2.13. The monoisotopic (exact) mass is 365 g/mol. The first kappa shape index (κ1) is 23.2. The standard InChI is InChI=1S/C23H43NO2/c1-3-4-5-6-7-8-9-10-11-12-13-14-15-16-17-18-23(25)26-22-19-20-24(2)21-22/h10-11,22H,3-9,12-21H2,1-2H3/b11-10-/t22-/m0/s1. The zero-order valence-corrected chi connectivity index (χ0v) is 17.5. The lowest BCUT2D eigenvalue weighted by atomic mass is 10.1. The van der Waals surface area contributed by atoms with Crippen LogP contribution < -0.4 is 0 Å². The number of ether oxygens (including phenoxy) is 1. The lowest BCUT2D eigenvalue weighted by molar-refractivity contribution is -0.148. The Morgan fingerprint density at radius 3 is 2.08 bits per heavy atom. The van der Waals surface area contributed by atoms with Gasteiger partial charge in [-0.15, -0.1) is 0 Å². The van der Waals surface area contributed by atoms with Crippen molar-refractivity contribution in [2.24, 2.45) is 0 Å². The van der Waals surface area contributed by atoms with Crippen molar-refractivity contribution in [1.29, 1.82) is 0 Å². The Kier molecular flexibility index (Phi) is 14.6. The van der Waals surface area contributed by atoms with Gasteiger partial charge in [-0.3, -0.25) is 4.79 Å². The van der Waals surface area contributed by atoms with E-state index in [4.69, 9.17) is 4.74 Å². The summed E-state index contributed by atoms with van der Waals surface area (Å²) in [5.41, 5.74) is 0. The van der Waals surface area contributed by atoms with E-state index in [0.717, 1.165) is 32.4 Å². The summed E-state index contributed by atoms with van der Waals surface area (Å²) in [6.07, 6.45) is 23.2. The van der Waals surface area contributed by atoms with Crippen LogP contribution in [-0.2, 0) is 9.53 Å². The van der Waals surface area contributed by atoms with Crippen LogP contribution in [0, 0.1) is 0 Å². The third-order valence-corrected chi connectivity index (χ3v) is 5.29. The number of likely N-dealkylation sites (tertiary alicyclic amines) is 1. The predicted octanol–water partition coefficient (Wildman–Crippen LogP) is 6.27. The molecule has 1 heterocycles. The molecule has 26 heavy (non-hydrogen) atoms. The lowest BCUT2D eigenvalue weighted by Crippen LogP contribution is -2.22. The summed E-state index contributed by atoms with van der Waals surface area (Å²) in [7, 11) is 2.08. The fourth-order valence-corrected chi connectivity index (χ4v) is 3.58. The average molecular weight is 366 g/mol. The van der Waals surface area contributed by atoms with Crippen LogP contribution in [0.4, 0.5) is 0 Å². The van der Waals surface area contributed by atoms with E-state index in [-0.39, 0.29) is 12.1 Å². The number of nitrogens with zero attached hydrogens (tertiary/aromatic N) is 1. The molecule has 0 aliphatic carbocycles. The maximum Gasteiger partial charge on any atom is 0.306 e. The van der Waals surface area contributed by atoms with Crippen molar-refractivity contribution < 1.29 is 9.53 Å². The third-order valence-electron chi connectivity index (χ3n) is 5.29. The van der Waals surface area contributed by atoms with Gasteiger partial charge in [-0.05, 0) is 45.6 Å². The molecule has 0 unspecified atom stereocenters. The number of hydrogen-bond donors (Lipinski definition) is 0. The van der Waals surface area contributed by atoms with E-state index < -0.39 is 0 Å². The second kappa shape index (κ2) is 16.4. The topological polar surface area (TPSA) is 29.5 Å². The Morgan fingerprint density at radius 1 is 0.923 bits per heavy atom. The molecular formula is C23H43NO2. The molecule has 0 spiro atoms. The van der Waals surface area contributed by atoms with Gasteiger partial charge in [0.2, 0.25) is 0 Å². The average Bonchev–Trinajstić information content (AvgIpc) is 3.03. The van der Waals surface area contributed by atoms with Crippen molar-refractivity contribution in [2.75, 3.05) is 20.1 Å². The zero-order chi connectivity index (χ0) is 18.9. The minimum atomic E-state index is 0.00271. The van der Waals surface area contributed by atoms with Gasteiger partial charge in [0.15, 0.2) is 0 Å². The first-order valence-electron chi connectivity index (χ1n) is 11.3. The van der Waals surface area contributed by atoms with Crippen LogP contribution in [-0.4, -0.2) is 37.1 Å². The Balaban J connectivity index is 1.79. The molecule has 0 radical (unpaired) electrons. The van der Waals surface area contributed by atoms with Crippen molar-refractivity contribution in [3.8, 4) is 0 Å². The summed E-state index contributed by atoms with van der Waals surface area (Å²) in [6, 6.07) is 0. The molecule has 1 aliphatic rings. The highest BCUT2D eigenvalue weighted by Gasteiger charge is 2.22. The van der Waals surface area contributed by atoms with E-state index >= 15 is 0 Å². The Morgan fingerprint density at radius 2 is 1.50 bits per heavy atom. The van der Waals surface area contributed by atoms with E-state index in [1.807, 2.05) is 0 Å². The Labute approximate surface area is 162 Å². The first-order chi connectivity index (χ1) is 12.7. The number of likely N-dealkylation sites (N-methyl/N-ethyl adjacent to an activating group) is 1. The van der Waals surface area contributed by atoms with Crippen LogP contribution in [0.1, 0.15) is 103 Å². The molecule has 0 saturated carbocycles. The minimum Gasteiger partial charge on any atom is -0.461 e. The van der Waals surface area contributed by atoms with Crippen molar-refractivity contribution >= 4 is 5.97 Å². The van der Waals surface area contributed by atoms with Gasteiger partial charge in [-0.25, -0.2) is 0 Å². The van der Waals surface area contributed by atoms with Crippen LogP contribution in [0.3, 0.4) is 0 Å². The van der Waals surface area contributed by atoms with Gasteiger partial charge in [-0.1, -0.05) is 70.4 Å². The molecule has 0 aromatic rings. The first-order valence-corrected chi connectivity index (χ1v) is 11.3.